The van der Waals surface area contributed by atoms with E-state index in [4.69, 9.17) is 4.42 Å². The predicted molar refractivity (Wildman–Crippen MR) is 97.3 cm³/mol. The van der Waals surface area contributed by atoms with Gasteiger partial charge in [-0.25, -0.2) is 0 Å². The van der Waals surface area contributed by atoms with Gasteiger partial charge in [-0.2, -0.15) is 5.10 Å². The third-order valence-corrected chi connectivity index (χ3v) is 6.25. The molecule has 140 valence electrons. The van der Waals surface area contributed by atoms with Crippen molar-refractivity contribution in [2.45, 2.75) is 57.5 Å². The van der Waals surface area contributed by atoms with E-state index in [0.29, 0.717) is 12.0 Å². The number of hydrogen-bond acceptors (Lipinski definition) is 5. The zero-order chi connectivity index (χ0) is 17.5. The number of nitrogens with zero attached hydrogens (tertiary/aromatic N) is 4. The SMILES string of the molecule is OC(c1cc2n(n1)CCN(C1CCN(Cc3ccco3)CC1)C2)C1CC1. The zero-order valence-electron chi connectivity index (χ0n) is 15.3. The number of likely N-dealkylation sites (tertiary alicyclic amines) is 1. The van der Waals surface area contributed by atoms with Gasteiger partial charge in [0, 0.05) is 32.2 Å². The Bertz CT molecular complexity index is 729. The Kier molecular flexibility index (Phi) is 4.35. The minimum absolute atomic E-state index is 0.355. The highest BCUT2D eigenvalue weighted by Gasteiger charge is 2.34. The highest BCUT2D eigenvalue weighted by Crippen LogP contribution is 2.40. The summed E-state index contributed by atoms with van der Waals surface area (Å²) in [5.74, 6) is 1.51. The molecule has 6 nitrogen and oxygen atoms in total. The van der Waals surface area contributed by atoms with Gasteiger partial charge in [-0.05, 0) is 49.8 Å². The van der Waals surface area contributed by atoms with Crippen LogP contribution in [0, 0.1) is 5.92 Å². The largest absolute Gasteiger partial charge is 0.468 e. The molecule has 1 atom stereocenters. The number of aromatic nitrogens is 2. The van der Waals surface area contributed by atoms with Gasteiger partial charge in [0.25, 0.3) is 0 Å². The molecule has 0 bridgehead atoms. The average molecular weight is 356 g/mol. The van der Waals surface area contributed by atoms with Gasteiger partial charge in [-0.15, -0.1) is 0 Å². The summed E-state index contributed by atoms with van der Waals surface area (Å²) in [5, 5.41) is 15.0. The lowest BCUT2D eigenvalue weighted by Gasteiger charge is -2.40. The molecule has 0 radical (unpaired) electrons. The highest BCUT2D eigenvalue weighted by atomic mass is 16.3. The normalized spacial score (nSPS) is 23.9. The summed E-state index contributed by atoms with van der Waals surface area (Å²) < 4.78 is 7.59. The molecule has 4 heterocycles. The predicted octanol–water partition coefficient (Wildman–Crippen LogP) is 2.40. The molecule has 2 aromatic rings. The van der Waals surface area contributed by atoms with Crippen LogP contribution in [0.25, 0.3) is 0 Å². The van der Waals surface area contributed by atoms with E-state index in [1.165, 1.54) is 18.5 Å². The van der Waals surface area contributed by atoms with Crippen LogP contribution >= 0.6 is 0 Å². The second-order valence-corrected chi connectivity index (χ2v) is 8.12. The van der Waals surface area contributed by atoms with Crippen LogP contribution in [-0.4, -0.2) is 50.4 Å². The molecule has 5 rings (SSSR count). The van der Waals surface area contributed by atoms with E-state index >= 15 is 0 Å². The van der Waals surface area contributed by atoms with Crippen LogP contribution in [0.5, 0.6) is 0 Å². The van der Waals surface area contributed by atoms with Gasteiger partial charge in [-0.1, -0.05) is 0 Å². The third-order valence-electron chi connectivity index (χ3n) is 6.25. The number of aliphatic hydroxyl groups excluding tert-OH is 1. The summed E-state index contributed by atoms with van der Waals surface area (Å²) in [7, 11) is 0. The number of fused-ring (bicyclic) bond motifs is 1. The molecule has 0 spiro atoms. The van der Waals surface area contributed by atoms with Crippen LogP contribution in [-0.2, 0) is 19.6 Å². The Hall–Kier alpha value is -1.63. The van der Waals surface area contributed by atoms with Crippen molar-refractivity contribution in [3.63, 3.8) is 0 Å². The van der Waals surface area contributed by atoms with Crippen molar-refractivity contribution in [3.05, 3.63) is 41.6 Å². The highest BCUT2D eigenvalue weighted by molar-refractivity contribution is 5.16. The minimum atomic E-state index is -0.355. The van der Waals surface area contributed by atoms with E-state index in [2.05, 4.69) is 31.7 Å². The maximum atomic E-state index is 10.4. The zero-order valence-corrected chi connectivity index (χ0v) is 15.3. The standard InChI is InChI=1S/C20H28N4O2/c25-20(15-3-4-15)19-12-17-13-23(9-10-24(17)21-19)16-5-7-22(8-6-16)14-18-2-1-11-26-18/h1-2,11-12,15-16,20,25H,3-10,13-14H2. The van der Waals surface area contributed by atoms with E-state index < -0.39 is 0 Å². The number of hydrogen-bond donors (Lipinski definition) is 1. The van der Waals surface area contributed by atoms with Gasteiger partial charge in [0.2, 0.25) is 0 Å². The number of rotatable bonds is 5. The summed E-state index contributed by atoms with van der Waals surface area (Å²) >= 11 is 0. The van der Waals surface area contributed by atoms with Gasteiger partial charge in [0.15, 0.2) is 0 Å². The molecule has 2 aromatic heterocycles. The van der Waals surface area contributed by atoms with Crippen molar-refractivity contribution in [3.8, 4) is 0 Å². The lowest BCUT2D eigenvalue weighted by atomic mass is 10.0. The van der Waals surface area contributed by atoms with Crippen molar-refractivity contribution in [1.82, 2.24) is 19.6 Å². The minimum Gasteiger partial charge on any atom is -0.468 e. The Morgan fingerprint density at radius 3 is 2.73 bits per heavy atom. The van der Waals surface area contributed by atoms with Gasteiger partial charge >= 0.3 is 0 Å². The maximum Gasteiger partial charge on any atom is 0.117 e. The van der Waals surface area contributed by atoms with Crippen LogP contribution in [0.4, 0.5) is 0 Å². The molecule has 2 aliphatic heterocycles. The fraction of sp³-hybridized carbons (Fsp3) is 0.650. The van der Waals surface area contributed by atoms with Crippen LogP contribution in [0.1, 0.15) is 48.9 Å². The number of piperidine rings is 1. The van der Waals surface area contributed by atoms with Gasteiger partial charge < -0.3 is 9.52 Å². The second kappa shape index (κ2) is 6.83. The van der Waals surface area contributed by atoms with Crippen LogP contribution in [0.3, 0.4) is 0 Å². The molecule has 1 saturated heterocycles. The molecule has 1 aliphatic carbocycles. The van der Waals surface area contributed by atoms with Gasteiger partial charge in [-0.3, -0.25) is 14.5 Å². The Morgan fingerprint density at radius 1 is 1.15 bits per heavy atom. The third kappa shape index (κ3) is 3.33. The van der Waals surface area contributed by atoms with Gasteiger partial charge in [0.05, 0.1) is 30.7 Å². The fourth-order valence-corrected chi connectivity index (χ4v) is 4.48. The summed E-state index contributed by atoms with van der Waals surface area (Å²) in [6, 6.07) is 6.82. The molecule has 26 heavy (non-hydrogen) atoms. The lowest BCUT2D eigenvalue weighted by molar-refractivity contribution is 0.0793. The molecule has 1 N–H and O–H groups in total. The first-order valence-electron chi connectivity index (χ1n) is 10.00. The van der Waals surface area contributed by atoms with Gasteiger partial charge in [0.1, 0.15) is 11.9 Å². The Labute approximate surface area is 154 Å². The maximum absolute atomic E-state index is 10.4. The molecule has 0 aromatic carbocycles. The summed E-state index contributed by atoms with van der Waals surface area (Å²) in [5.41, 5.74) is 2.15. The first-order chi connectivity index (χ1) is 12.8. The molecule has 3 aliphatic rings. The second-order valence-electron chi connectivity index (χ2n) is 8.12. The first-order valence-corrected chi connectivity index (χ1v) is 10.00. The van der Waals surface area contributed by atoms with E-state index in [1.807, 2.05) is 6.07 Å². The quantitative estimate of drug-likeness (QED) is 0.891. The molecule has 1 saturated carbocycles. The summed E-state index contributed by atoms with van der Waals surface area (Å²) in [6.45, 7) is 6.16. The molecule has 6 heteroatoms. The first kappa shape index (κ1) is 16.5. The van der Waals surface area contributed by atoms with Crippen LogP contribution in [0.15, 0.2) is 28.9 Å². The van der Waals surface area contributed by atoms with Crippen molar-refractivity contribution < 1.29 is 9.52 Å². The Morgan fingerprint density at radius 2 is 2.00 bits per heavy atom. The monoisotopic (exact) mass is 356 g/mol. The molecule has 1 unspecified atom stereocenters. The summed E-state index contributed by atoms with van der Waals surface area (Å²) in [6.07, 6.45) is 6.12. The lowest BCUT2D eigenvalue weighted by Crippen LogP contribution is -2.47. The van der Waals surface area contributed by atoms with E-state index in [9.17, 15) is 5.11 Å². The molecule has 2 fully saturated rings. The number of furan rings is 1. The topological polar surface area (TPSA) is 57.7 Å². The van der Waals surface area contributed by atoms with Crippen molar-refractivity contribution in [1.29, 1.82) is 0 Å². The van der Waals surface area contributed by atoms with Crippen molar-refractivity contribution >= 4 is 0 Å². The molecular formula is C20H28N4O2. The average Bonchev–Trinajstić information content (AvgIpc) is 3.22. The molecule has 0 amide bonds. The van der Waals surface area contributed by atoms with E-state index in [-0.39, 0.29) is 6.10 Å². The molecular weight excluding hydrogens is 328 g/mol. The summed E-state index contributed by atoms with van der Waals surface area (Å²) in [4.78, 5) is 5.11. The Balaban J connectivity index is 1.17. The van der Waals surface area contributed by atoms with Crippen LogP contribution < -0.4 is 0 Å². The van der Waals surface area contributed by atoms with Crippen LogP contribution in [0.2, 0.25) is 0 Å². The van der Waals surface area contributed by atoms with E-state index in [0.717, 1.165) is 63.6 Å². The fourth-order valence-electron chi connectivity index (χ4n) is 4.48. The van der Waals surface area contributed by atoms with Crippen molar-refractivity contribution in [2.24, 2.45) is 5.92 Å². The van der Waals surface area contributed by atoms with Crippen molar-refractivity contribution in [2.75, 3.05) is 19.6 Å². The number of aliphatic hydroxyl groups is 1. The van der Waals surface area contributed by atoms with E-state index in [1.54, 1.807) is 6.26 Å². The smallest absolute Gasteiger partial charge is 0.117 e.